The average molecular weight is 257 g/mol. The predicted octanol–water partition coefficient (Wildman–Crippen LogP) is 2.94. The highest BCUT2D eigenvalue weighted by Crippen LogP contribution is 2.09. The normalized spacial score (nSPS) is 12.4. The van der Waals surface area contributed by atoms with Crippen LogP contribution >= 0.6 is 23.1 Å². The summed E-state index contributed by atoms with van der Waals surface area (Å²) in [5.74, 6) is 2.41. The Morgan fingerprint density at radius 3 is 3.06 bits per heavy atom. The quantitative estimate of drug-likeness (QED) is 0.761. The molecule has 0 aliphatic rings. The maximum absolute atomic E-state index is 11.6. The minimum Gasteiger partial charge on any atom is -0.353 e. The first-order valence-electron chi connectivity index (χ1n) is 5.62. The molecule has 0 saturated heterocycles. The van der Waals surface area contributed by atoms with Gasteiger partial charge in [0.1, 0.15) is 0 Å². The van der Waals surface area contributed by atoms with E-state index < -0.39 is 0 Å². The van der Waals surface area contributed by atoms with Gasteiger partial charge in [-0.3, -0.25) is 4.79 Å². The van der Waals surface area contributed by atoms with Gasteiger partial charge < -0.3 is 5.32 Å². The van der Waals surface area contributed by atoms with E-state index in [2.05, 4.69) is 19.2 Å². The van der Waals surface area contributed by atoms with Gasteiger partial charge in [0.05, 0.1) is 6.42 Å². The number of hydrogen-bond donors (Lipinski definition) is 1. The van der Waals surface area contributed by atoms with Crippen molar-refractivity contribution >= 4 is 29.0 Å². The molecule has 1 aromatic heterocycles. The van der Waals surface area contributed by atoms with Crippen molar-refractivity contribution in [3.8, 4) is 0 Å². The Labute approximate surface area is 106 Å². The van der Waals surface area contributed by atoms with E-state index in [9.17, 15) is 4.79 Å². The van der Waals surface area contributed by atoms with Crippen LogP contribution in [0.25, 0.3) is 0 Å². The molecule has 1 aromatic rings. The topological polar surface area (TPSA) is 29.1 Å². The number of rotatable bonds is 7. The van der Waals surface area contributed by atoms with Crippen LogP contribution in [-0.4, -0.2) is 23.5 Å². The molecule has 0 radical (unpaired) electrons. The largest absolute Gasteiger partial charge is 0.353 e. The molecule has 0 fully saturated rings. The summed E-state index contributed by atoms with van der Waals surface area (Å²) in [5.41, 5.74) is 0. The van der Waals surface area contributed by atoms with Gasteiger partial charge in [-0.15, -0.1) is 11.3 Å². The summed E-state index contributed by atoms with van der Waals surface area (Å²) in [5, 5.41) is 5.04. The first-order chi connectivity index (χ1) is 7.72. The number of nitrogens with one attached hydrogen (secondary N) is 1. The Morgan fingerprint density at radius 2 is 2.44 bits per heavy atom. The van der Waals surface area contributed by atoms with Crippen molar-refractivity contribution in [1.82, 2.24) is 5.32 Å². The van der Waals surface area contributed by atoms with Crippen molar-refractivity contribution in [2.24, 2.45) is 0 Å². The fourth-order valence-electron chi connectivity index (χ4n) is 1.37. The van der Waals surface area contributed by atoms with E-state index in [4.69, 9.17) is 0 Å². The van der Waals surface area contributed by atoms with Gasteiger partial charge in [0.15, 0.2) is 0 Å². The molecule has 2 nitrogen and oxygen atoms in total. The van der Waals surface area contributed by atoms with E-state index in [1.165, 1.54) is 0 Å². The second-order valence-electron chi connectivity index (χ2n) is 3.71. The predicted molar refractivity (Wildman–Crippen MR) is 73.2 cm³/mol. The number of hydrogen-bond acceptors (Lipinski definition) is 3. The zero-order valence-electron chi connectivity index (χ0n) is 9.86. The van der Waals surface area contributed by atoms with Gasteiger partial charge in [-0.25, -0.2) is 0 Å². The molecule has 1 atom stereocenters. The molecule has 0 aliphatic heterocycles. The van der Waals surface area contributed by atoms with Crippen LogP contribution in [0.5, 0.6) is 0 Å². The first-order valence-corrected chi connectivity index (χ1v) is 7.65. The Bertz CT molecular complexity index is 298. The SMILES string of the molecule is CCSCC[C@@H](C)NC(=O)Cc1cccs1. The van der Waals surface area contributed by atoms with Crippen molar-refractivity contribution in [1.29, 1.82) is 0 Å². The maximum atomic E-state index is 11.6. The third kappa shape index (κ3) is 5.56. The second-order valence-corrected chi connectivity index (χ2v) is 6.14. The van der Waals surface area contributed by atoms with Gasteiger partial charge in [0.2, 0.25) is 5.91 Å². The van der Waals surface area contributed by atoms with Crippen LogP contribution in [0.15, 0.2) is 17.5 Å². The summed E-state index contributed by atoms with van der Waals surface area (Å²) in [6.45, 7) is 4.23. The van der Waals surface area contributed by atoms with Crippen molar-refractivity contribution in [2.45, 2.75) is 32.7 Å². The molecule has 1 amide bonds. The fourth-order valence-corrected chi connectivity index (χ4v) is 2.89. The van der Waals surface area contributed by atoms with Crippen molar-refractivity contribution < 1.29 is 4.79 Å². The summed E-state index contributed by atoms with van der Waals surface area (Å²) in [6.07, 6.45) is 1.57. The highest BCUT2D eigenvalue weighted by atomic mass is 32.2. The zero-order valence-corrected chi connectivity index (χ0v) is 11.5. The van der Waals surface area contributed by atoms with Gasteiger partial charge in [-0.05, 0) is 36.3 Å². The van der Waals surface area contributed by atoms with Gasteiger partial charge in [-0.2, -0.15) is 11.8 Å². The van der Waals surface area contributed by atoms with Crippen LogP contribution in [0, 0.1) is 0 Å². The summed E-state index contributed by atoms with van der Waals surface area (Å²) in [7, 11) is 0. The highest BCUT2D eigenvalue weighted by molar-refractivity contribution is 7.99. The van der Waals surface area contributed by atoms with E-state index in [1.54, 1.807) is 11.3 Å². The van der Waals surface area contributed by atoms with E-state index >= 15 is 0 Å². The minimum atomic E-state index is 0.136. The van der Waals surface area contributed by atoms with Crippen LogP contribution in [0.1, 0.15) is 25.1 Å². The van der Waals surface area contributed by atoms with E-state index in [-0.39, 0.29) is 11.9 Å². The minimum absolute atomic E-state index is 0.136. The molecule has 90 valence electrons. The lowest BCUT2D eigenvalue weighted by atomic mass is 10.2. The van der Waals surface area contributed by atoms with Crippen LogP contribution in [0.2, 0.25) is 0 Å². The molecule has 0 aliphatic carbocycles. The molecule has 0 unspecified atom stereocenters. The monoisotopic (exact) mass is 257 g/mol. The van der Waals surface area contributed by atoms with E-state index in [0.29, 0.717) is 6.42 Å². The number of thiophene rings is 1. The van der Waals surface area contributed by atoms with Gasteiger partial charge in [-0.1, -0.05) is 13.0 Å². The average Bonchev–Trinajstić information content (AvgIpc) is 2.70. The second kappa shape index (κ2) is 7.74. The van der Waals surface area contributed by atoms with Crippen LogP contribution in [0.3, 0.4) is 0 Å². The lowest BCUT2D eigenvalue weighted by Gasteiger charge is -2.12. The van der Waals surface area contributed by atoms with Crippen molar-refractivity contribution in [3.05, 3.63) is 22.4 Å². The first kappa shape index (κ1) is 13.6. The third-order valence-corrected chi connectivity index (χ3v) is 4.03. The lowest BCUT2D eigenvalue weighted by Crippen LogP contribution is -2.33. The smallest absolute Gasteiger partial charge is 0.225 e. The molecule has 1 N–H and O–H groups in total. The van der Waals surface area contributed by atoms with Gasteiger partial charge in [0, 0.05) is 10.9 Å². The van der Waals surface area contributed by atoms with Crippen LogP contribution in [-0.2, 0) is 11.2 Å². The van der Waals surface area contributed by atoms with E-state index in [1.807, 2.05) is 29.3 Å². The van der Waals surface area contributed by atoms with Gasteiger partial charge in [0.25, 0.3) is 0 Å². The van der Waals surface area contributed by atoms with E-state index in [0.717, 1.165) is 22.8 Å². The molecular weight excluding hydrogens is 238 g/mol. The molecular formula is C12H19NOS2. The van der Waals surface area contributed by atoms with Crippen LogP contribution < -0.4 is 5.32 Å². The third-order valence-electron chi connectivity index (χ3n) is 2.22. The molecule has 1 heterocycles. The summed E-state index contributed by atoms with van der Waals surface area (Å²) in [6, 6.07) is 4.27. The highest BCUT2D eigenvalue weighted by Gasteiger charge is 2.08. The lowest BCUT2D eigenvalue weighted by molar-refractivity contribution is -0.121. The molecule has 0 bridgehead atoms. The van der Waals surface area contributed by atoms with Crippen molar-refractivity contribution in [2.75, 3.05) is 11.5 Å². The molecule has 16 heavy (non-hydrogen) atoms. The molecule has 0 spiro atoms. The molecule has 0 aromatic carbocycles. The zero-order chi connectivity index (χ0) is 11.8. The Hall–Kier alpha value is -0.480. The van der Waals surface area contributed by atoms with Crippen molar-refractivity contribution in [3.63, 3.8) is 0 Å². The summed E-state index contributed by atoms with van der Waals surface area (Å²) < 4.78 is 0. The Balaban J connectivity index is 2.18. The Kier molecular flexibility index (Phi) is 6.57. The molecule has 1 rings (SSSR count). The number of carbonyl (C=O) groups is 1. The fraction of sp³-hybridized carbons (Fsp3) is 0.583. The number of amides is 1. The summed E-state index contributed by atoms with van der Waals surface area (Å²) in [4.78, 5) is 12.8. The molecule has 0 saturated carbocycles. The van der Waals surface area contributed by atoms with Crippen LogP contribution in [0.4, 0.5) is 0 Å². The number of thioether (sulfide) groups is 1. The Morgan fingerprint density at radius 1 is 1.62 bits per heavy atom. The van der Waals surface area contributed by atoms with Gasteiger partial charge >= 0.3 is 0 Å². The number of carbonyl (C=O) groups excluding carboxylic acids is 1. The maximum Gasteiger partial charge on any atom is 0.225 e. The standard InChI is InChI=1S/C12H19NOS2/c1-3-15-8-6-10(2)13-12(14)9-11-5-4-7-16-11/h4-5,7,10H,3,6,8-9H2,1-2H3,(H,13,14)/t10-/m1/s1. The summed E-state index contributed by atoms with van der Waals surface area (Å²) >= 11 is 3.55. The molecule has 4 heteroatoms.